The highest BCUT2D eigenvalue weighted by atomic mass is 19.1. The number of halogens is 1. The van der Waals surface area contributed by atoms with Crippen molar-refractivity contribution in [2.75, 3.05) is 5.32 Å². The van der Waals surface area contributed by atoms with Gasteiger partial charge < -0.3 is 5.32 Å². The fourth-order valence-electron chi connectivity index (χ4n) is 3.39. The van der Waals surface area contributed by atoms with Crippen LogP contribution in [-0.4, -0.2) is 25.7 Å². The lowest BCUT2D eigenvalue weighted by molar-refractivity contribution is 0.102. The number of nitrogens with one attached hydrogen (secondary N) is 1. The van der Waals surface area contributed by atoms with E-state index in [0.29, 0.717) is 28.3 Å². The number of para-hydroxylation sites is 1. The molecule has 5 aromatic rings. The number of amides is 1. The lowest BCUT2D eigenvalue weighted by atomic mass is 10.0. The third kappa shape index (κ3) is 3.64. The van der Waals surface area contributed by atoms with Gasteiger partial charge in [0.1, 0.15) is 5.82 Å². The lowest BCUT2D eigenvalue weighted by Gasteiger charge is -2.13. The summed E-state index contributed by atoms with van der Waals surface area (Å²) in [6, 6.07) is 20.5. The summed E-state index contributed by atoms with van der Waals surface area (Å²) in [5.41, 5.74) is 2.97. The largest absolute Gasteiger partial charge is 0.319 e. The Labute approximate surface area is 177 Å². The molecule has 0 aliphatic carbocycles. The molecule has 2 aromatic carbocycles. The molecule has 0 aliphatic rings. The van der Waals surface area contributed by atoms with Gasteiger partial charge in [-0.1, -0.05) is 18.2 Å². The first-order valence-electron chi connectivity index (χ1n) is 9.61. The average Bonchev–Trinajstić information content (AvgIpc) is 3.34. The highest BCUT2D eigenvalue weighted by molar-refractivity contribution is 6.13. The fraction of sp³-hybridized carbons (Fsp3) is 0. The van der Waals surface area contributed by atoms with Gasteiger partial charge in [-0.25, -0.2) is 19.0 Å². The summed E-state index contributed by atoms with van der Waals surface area (Å²) in [6.45, 7) is 0. The molecule has 31 heavy (non-hydrogen) atoms. The maximum Gasteiger partial charge on any atom is 0.256 e. The molecule has 0 spiro atoms. The first-order chi connectivity index (χ1) is 15.2. The molecule has 0 aliphatic heterocycles. The van der Waals surface area contributed by atoms with E-state index in [1.54, 1.807) is 59.7 Å². The Balaban J connectivity index is 1.59. The molecule has 0 atom stereocenters. The zero-order valence-corrected chi connectivity index (χ0v) is 16.2. The SMILES string of the molecule is O=C(Nc1cccnc1-n1cccn1)c1cc(-c2ccc(F)cc2)nc2ccccc12. The molecule has 5 rings (SSSR count). The van der Waals surface area contributed by atoms with E-state index in [4.69, 9.17) is 0 Å². The van der Waals surface area contributed by atoms with Gasteiger partial charge in [-0.2, -0.15) is 5.10 Å². The van der Waals surface area contributed by atoms with E-state index in [2.05, 4.69) is 20.4 Å². The number of nitrogens with zero attached hydrogens (tertiary/aromatic N) is 4. The van der Waals surface area contributed by atoms with E-state index in [1.165, 1.54) is 12.1 Å². The van der Waals surface area contributed by atoms with Gasteiger partial charge in [-0.3, -0.25) is 4.79 Å². The van der Waals surface area contributed by atoms with Crippen LogP contribution in [0, 0.1) is 5.82 Å². The Morgan fingerprint density at radius 2 is 1.77 bits per heavy atom. The van der Waals surface area contributed by atoms with Crippen molar-refractivity contribution >= 4 is 22.5 Å². The van der Waals surface area contributed by atoms with Crippen LogP contribution in [0.1, 0.15) is 10.4 Å². The maximum atomic E-state index is 13.4. The quantitative estimate of drug-likeness (QED) is 0.459. The van der Waals surface area contributed by atoms with Crippen LogP contribution in [-0.2, 0) is 0 Å². The number of pyridine rings is 2. The summed E-state index contributed by atoms with van der Waals surface area (Å²) in [6.07, 6.45) is 5.04. The maximum absolute atomic E-state index is 13.4. The number of fused-ring (bicyclic) bond motifs is 1. The van der Waals surface area contributed by atoms with Crippen LogP contribution in [0.25, 0.3) is 28.0 Å². The molecule has 3 aromatic heterocycles. The fourth-order valence-corrected chi connectivity index (χ4v) is 3.39. The zero-order chi connectivity index (χ0) is 21.2. The second kappa shape index (κ2) is 7.79. The number of rotatable bonds is 4. The minimum atomic E-state index is -0.328. The lowest BCUT2D eigenvalue weighted by Crippen LogP contribution is -2.15. The number of benzene rings is 2. The van der Waals surface area contributed by atoms with Crippen LogP contribution in [0.15, 0.2) is 91.4 Å². The molecule has 150 valence electrons. The van der Waals surface area contributed by atoms with Gasteiger partial charge in [0, 0.05) is 29.5 Å². The van der Waals surface area contributed by atoms with E-state index in [0.717, 1.165) is 10.9 Å². The summed E-state index contributed by atoms with van der Waals surface area (Å²) in [5, 5.41) is 7.86. The third-order valence-corrected chi connectivity index (χ3v) is 4.86. The molecule has 1 N–H and O–H groups in total. The predicted octanol–water partition coefficient (Wildman–Crippen LogP) is 4.87. The van der Waals surface area contributed by atoms with Crippen LogP contribution in [0.4, 0.5) is 10.1 Å². The first kappa shape index (κ1) is 18.6. The Morgan fingerprint density at radius 1 is 0.935 bits per heavy atom. The number of carbonyl (C=O) groups excluding carboxylic acids is 1. The summed E-state index contributed by atoms with van der Waals surface area (Å²) in [7, 11) is 0. The van der Waals surface area contributed by atoms with Gasteiger partial charge in [-0.15, -0.1) is 0 Å². The molecule has 0 radical (unpaired) electrons. The molecule has 3 heterocycles. The standard InChI is InChI=1S/C24H16FN5O/c25-17-10-8-16(9-11-17)22-15-19(18-5-1-2-6-20(18)28-22)24(31)29-21-7-3-12-26-23(21)30-14-4-13-27-30/h1-15H,(H,29,31). The first-order valence-corrected chi connectivity index (χ1v) is 9.61. The molecule has 1 amide bonds. The number of anilines is 1. The molecule has 6 nitrogen and oxygen atoms in total. The van der Waals surface area contributed by atoms with Crippen molar-refractivity contribution in [2.24, 2.45) is 0 Å². The third-order valence-electron chi connectivity index (χ3n) is 4.86. The molecular formula is C24H16FN5O. The Bertz CT molecular complexity index is 1380. The van der Waals surface area contributed by atoms with Gasteiger partial charge >= 0.3 is 0 Å². The van der Waals surface area contributed by atoms with E-state index in [9.17, 15) is 9.18 Å². The van der Waals surface area contributed by atoms with Crippen LogP contribution in [0.3, 0.4) is 0 Å². The van der Waals surface area contributed by atoms with Crippen molar-refractivity contribution in [3.8, 4) is 17.1 Å². The molecule has 7 heteroatoms. The van der Waals surface area contributed by atoms with Crippen molar-refractivity contribution < 1.29 is 9.18 Å². The molecule has 0 unspecified atom stereocenters. The normalized spacial score (nSPS) is 10.9. The second-order valence-electron chi connectivity index (χ2n) is 6.86. The highest BCUT2D eigenvalue weighted by Crippen LogP contribution is 2.26. The van der Waals surface area contributed by atoms with Gasteiger partial charge in [0.25, 0.3) is 5.91 Å². The zero-order valence-electron chi connectivity index (χ0n) is 16.2. The van der Waals surface area contributed by atoms with Crippen LogP contribution in [0.5, 0.6) is 0 Å². The Morgan fingerprint density at radius 3 is 2.58 bits per heavy atom. The van der Waals surface area contributed by atoms with Gasteiger partial charge in [-0.05, 0) is 54.6 Å². The minimum Gasteiger partial charge on any atom is -0.319 e. The van der Waals surface area contributed by atoms with Crippen molar-refractivity contribution in [3.05, 3.63) is 103 Å². The van der Waals surface area contributed by atoms with Crippen LogP contribution >= 0.6 is 0 Å². The molecular weight excluding hydrogens is 393 g/mol. The van der Waals surface area contributed by atoms with Crippen molar-refractivity contribution in [2.45, 2.75) is 0 Å². The van der Waals surface area contributed by atoms with E-state index < -0.39 is 0 Å². The summed E-state index contributed by atoms with van der Waals surface area (Å²) >= 11 is 0. The summed E-state index contributed by atoms with van der Waals surface area (Å²) in [4.78, 5) is 22.3. The minimum absolute atomic E-state index is 0.302. The van der Waals surface area contributed by atoms with Crippen molar-refractivity contribution in [3.63, 3.8) is 0 Å². The monoisotopic (exact) mass is 409 g/mol. The van der Waals surface area contributed by atoms with E-state index in [-0.39, 0.29) is 11.7 Å². The molecule has 0 saturated carbocycles. The van der Waals surface area contributed by atoms with Crippen molar-refractivity contribution in [1.82, 2.24) is 19.7 Å². The van der Waals surface area contributed by atoms with Crippen LogP contribution in [0.2, 0.25) is 0 Å². The Kier molecular flexibility index (Phi) is 4.68. The van der Waals surface area contributed by atoms with Gasteiger partial charge in [0.05, 0.1) is 22.5 Å². The highest BCUT2D eigenvalue weighted by Gasteiger charge is 2.16. The van der Waals surface area contributed by atoms with Gasteiger partial charge in [0.15, 0.2) is 5.82 Å². The molecule has 0 saturated heterocycles. The number of hydrogen-bond donors (Lipinski definition) is 1. The Hall–Kier alpha value is -4.39. The average molecular weight is 409 g/mol. The van der Waals surface area contributed by atoms with Crippen LogP contribution < -0.4 is 5.32 Å². The number of carbonyl (C=O) groups is 1. The van der Waals surface area contributed by atoms with Crippen molar-refractivity contribution in [1.29, 1.82) is 0 Å². The van der Waals surface area contributed by atoms with Gasteiger partial charge in [0.2, 0.25) is 0 Å². The van der Waals surface area contributed by atoms with E-state index >= 15 is 0 Å². The van der Waals surface area contributed by atoms with E-state index in [1.807, 2.05) is 24.3 Å². The predicted molar refractivity (Wildman–Crippen MR) is 116 cm³/mol. The topological polar surface area (TPSA) is 72.7 Å². The summed E-state index contributed by atoms with van der Waals surface area (Å²) < 4.78 is 14.9. The number of aromatic nitrogens is 4. The second-order valence-corrected chi connectivity index (χ2v) is 6.86. The summed E-state index contributed by atoms with van der Waals surface area (Å²) in [5.74, 6) is -0.119. The molecule has 0 bridgehead atoms. The molecule has 0 fully saturated rings. The number of hydrogen-bond acceptors (Lipinski definition) is 4. The smallest absolute Gasteiger partial charge is 0.256 e.